The summed E-state index contributed by atoms with van der Waals surface area (Å²) in [5.41, 5.74) is 2.83. The fourth-order valence-corrected chi connectivity index (χ4v) is 7.08. The molecule has 6 heteroatoms. The number of Topliss-reactive ketones (excluding diaryl/α,β-unsaturated/α-hetero) is 2. The minimum atomic E-state index is -1.31. The molecule has 3 heterocycles. The van der Waals surface area contributed by atoms with Gasteiger partial charge in [-0.15, -0.1) is 0 Å². The first-order valence-electron chi connectivity index (χ1n) is 12.9. The van der Waals surface area contributed by atoms with Crippen LogP contribution in [0.2, 0.25) is 0 Å². The van der Waals surface area contributed by atoms with Crippen LogP contribution in [0, 0.1) is 5.92 Å². The Kier molecular flexibility index (Phi) is 5.42. The van der Waals surface area contributed by atoms with Crippen molar-refractivity contribution in [2.75, 3.05) is 10.2 Å². The van der Waals surface area contributed by atoms with E-state index in [0.29, 0.717) is 16.8 Å². The van der Waals surface area contributed by atoms with Gasteiger partial charge in [0.1, 0.15) is 11.5 Å². The average Bonchev–Trinajstić information content (AvgIpc) is 3.45. The van der Waals surface area contributed by atoms with Crippen molar-refractivity contribution >= 4 is 50.9 Å². The Balaban J connectivity index is 1.55. The minimum absolute atomic E-state index is 0.187. The fourth-order valence-electron chi connectivity index (χ4n) is 6.71. The molecule has 0 unspecified atom stereocenters. The van der Waals surface area contributed by atoms with Crippen molar-refractivity contribution in [1.29, 1.82) is 0 Å². The summed E-state index contributed by atoms with van der Waals surface area (Å²) in [5, 5.41) is 3.06. The first-order valence-corrected chi connectivity index (χ1v) is 13.7. The van der Waals surface area contributed by atoms with Crippen LogP contribution in [0.4, 0.5) is 11.4 Å². The predicted molar refractivity (Wildman–Crippen MR) is 155 cm³/mol. The Morgan fingerprint density at radius 2 is 1.44 bits per heavy atom. The number of halogens is 1. The third-order valence-electron chi connectivity index (χ3n) is 8.26. The Hall–Kier alpha value is -4.29. The minimum Gasteiger partial charge on any atom is -0.352 e. The SMILES string of the molecule is O=C(c1ccccc1)[C@@H]1[C@H](C(=O)c2ccccc2)[C@]2(C(=O)Nc3ccccc32)[C@@H]2C=Cc3cc(Br)ccc3N12. The Bertz CT molecular complexity index is 1680. The smallest absolute Gasteiger partial charge is 0.238 e. The number of ketones is 2. The lowest BCUT2D eigenvalue weighted by molar-refractivity contribution is -0.121. The molecule has 5 nitrogen and oxygen atoms in total. The molecule has 0 bridgehead atoms. The van der Waals surface area contributed by atoms with Crippen molar-refractivity contribution in [3.05, 3.63) is 136 Å². The van der Waals surface area contributed by atoms with Gasteiger partial charge in [-0.3, -0.25) is 14.4 Å². The third-order valence-corrected chi connectivity index (χ3v) is 8.76. The first-order chi connectivity index (χ1) is 19.0. The molecule has 4 aromatic carbocycles. The van der Waals surface area contributed by atoms with Crippen LogP contribution in [0.25, 0.3) is 6.08 Å². The molecule has 1 fully saturated rings. The normalized spacial score (nSPS) is 24.2. The largest absolute Gasteiger partial charge is 0.352 e. The summed E-state index contributed by atoms with van der Waals surface area (Å²) in [6.45, 7) is 0. The molecule has 0 radical (unpaired) electrons. The van der Waals surface area contributed by atoms with Gasteiger partial charge in [0, 0.05) is 27.0 Å². The van der Waals surface area contributed by atoms with Gasteiger partial charge in [0.05, 0.1) is 12.0 Å². The standard InChI is InChI=1S/C33H23BrN2O3/c34-23-16-17-26-22(19-23)15-18-27-33(24-13-7-8-14-25(24)35-32(33)39)28(30(37)20-9-3-1-4-10-20)29(36(26)27)31(38)21-11-5-2-6-12-21/h1-19,27-29H,(H,35,39)/t27-,28+,29-,33+/m0/s1. The molecule has 0 aromatic heterocycles. The molecule has 39 heavy (non-hydrogen) atoms. The molecule has 0 saturated carbocycles. The zero-order valence-corrected chi connectivity index (χ0v) is 22.3. The van der Waals surface area contributed by atoms with Crippen molar-refractivity contribution in [3.8, 4) is 0 Å². The molecular weight excluding hydrogens is 552 g/mol. The second kappa shape index (κ2) is 8.89. The van der Waals surface area contributed by atoms with Crippen LogP contribution in [0.5, 0.6) is 0 Å². The first kappa shape index (κ1) is 23.8. The maximum Gasteiger partial charge on any atom is 0.238 e. The lowest BCUT2D eigenvalue weighted by Crippen LogP contribution is -2.51. The number of para-hydroxylation sites is 1. The van der Waals surface area contributed by atoms with Crippen molar-refractivity contribution in [2.45, 2.75) is 17.5 Å². The monoisotopic (exact) mass is 574 g/mol. The number of anilines is 2. The second-order valence-corrected chi connectivity index (χ2v) is 11.1. The van der Waals surface area contributed by atoms with Gasteiger partial charge in [-0.05, 0) is 35.4 Å². The van der Waals surface area contributed by atoms with Gasteiger partial charge < -0.3 is 10.2 Å². The molecule has 4 atom stereocenters. The molecule has 3 aliphatic rings. The van der Waals surface area contributed by atoms with Gasteiger partial charge in [-0.25, -0.2) is 0 Å². The topological polar surface area (TPSA) is 66.5 Å². The molecule has 0 aliphatic carbocycles. The zero-order chi connectivity index (χ0) is 26.7. The van der Waals surface area contributed by atoms with Crippen LogP contribution in [0.15, 0.2) is 114 Å². The van der Waals surface area contributed by atoms with E-state index >= 15 is 0 Å². The van der Waals surface area contributed by atoms with Crippen LogP contribution in [-0.2, 0) is 10.2 Å². The van der Waals surface area contributed by atoms with Crippen molar-refractivity contribution in [1.82, 2.24) is 0 Å². The van der Waals surface area contributed by atoms with Gasteiger partial charge in [-0.2, -0.15) is 0 Å². The van der Waals surface area contributed by atoms with E-state index in [1.807, 2.05) is 95.9 Å². The lowest BCUT2D eigenvalue weighted by Gasteiger charge is -2.37. The van der Waals surface area contributed by atoms with E-state index in [-0.39, 0.29) is 17.5 Å². The number of rotatable bonds is 4. The highest BCUT2D eigenvalue weighted by atomic mass is 79.9. The quantitative estimate of drug-likeness (QED) is 0.290. The van der Waals surface area contributed by atoms with Gasteiger partial charge in [0.2, 0.25) is 5.91 Å². The molecule has 190 valence electrons. The third kappa shape index (κ3) is 3.34. The molecule has 7 rings (SSSR count). The number of hydrogen-bond donors (Lipinski definition) is 1. The highest BCUT2D eigenvalue weighted by Crippen LogP contribution is 2.58. The molecule has 1 spiro atoms. The maximum atomic E-state index is 14.6. The summed E-state index contributed by atoms with van der Waals surface area (Å²) in [6, 6.07) is 30.0. The van der Waals surface area contributed by atoms with E-state index in [0.717, 1.165) is 21.3 Å². The number of hydrogen-bond acceptors (Lipinski definition) is 4. The average molecular weight is 575 g/mol. The molecule has 3 aliphatic heterocycles. The number of carbonyl (C=O) groups excluding carboxylic acids is 3. The van der Waals surface area contributed by atoms with Crippen LogP contribution < -0.4 is 10.2 Å². The zero-order valence-electron chi connectivity index (χ0n) is 20.8. The number of nitrogens with zero attached hydrogens (tertiary/aromatic N) is 1. The second-order valence-electron chi connectivity index (χ2n) is 10.2. The van der Waals surface area contributed by atoms with E-state index < -0.39 is 23.4 Å². The van der Waals surface area contributed by atoms with E-state index in [1.165, 1.54) is 0 Å². The summed E-state index contributed by atoms with van der Waals surface area (Å²) in [5.74, 6) is -1.65. The lowest BCUT2D eigenvalue weighted by atomic mass is 9.64. The summed E-state index contributed by atoms with van der Waals surface area (Å²) in [6.07, 6.45) is 3.98. The summed E-state index contributed by atoms with van der Waals surface area (Å²) in [7, 11) is 0. The van der Waals surface area contributed by atoms with Gasteiger partial charge in [0.25, 0.3) is 0 Å². The van der Waals surface area contributed by atoms with Crippen LogP contribution in [0.3, 0.4) is 0 Å². The maximum absolute atomic E-state index is 14.6. The van der Waals surface area contributed by atoms with E-state index in [9.17, 15) is 14.4 Å². The highest BCUT2D eigenvalue weighted by molar-refractivity contribution is 9.10. The molecule has 1 N–H and O–H groups in total. The summed E-state index contributed by atoms with van der Waals surface area (Å²) >= 11 is 3.56. The molecule has 1 saturated heterocycles. The number of nitrogens with one attached hydrogen (secondary N) is 1. The van der Waals surface area contributed by atoms with E-state index in [1.54, 1.807) is 24.3 Å². The molecule has 1 amide bonds. The number of amides is 1. The Labute approximate surface area is 234 Å². The van der Waals surface area contributed by atoms with Gasteiger partial charge in [0.15, 0.2) is 11.6 Å². The van der Waals surface area contributed by atoms with E-state index in [4.69, 9.17) is 0 Å². The van der Waals surface area contributed by atoms with Crippen LogP contribution in [-0.4, -0.2) is 29.6 Å². The molecule has 4 aromatic rings. The number of benzene rings is 4. The Morgan fingerprint density at radius 1 is 0.795 bits per heavy atom. The van der Waals surface area contributed by atoms with Crippen LogP contribution >= 0.6 is 15.9 Å². The number of fused-ring (bicyclic) bond motifs is 6. The summed E-state index contributed by atoms with van der Waals surface area (Å²) in [4.78, 5) is 45.5. The van der Waals surface area contributed by atoms with Gasteiger partial charge >= 0.3 is 0 Å². The highest BCUT2D eigenvalue weighted by Gasteiger charge is 2.70. The molecular formula is C33H23BrN2O3. The van der Waals surface area contributed by atoms with Crippen molar-refractivity contribution < 1.29 is 14.4 Å². The summed E-state index contributed by atoms with van der Waals surface area (Å²) < 4.78 is 0.907. The van der Waals surface area contributed by atoms with Crippen LogP contribution in [0.1, 0.15) is 31.8 Å². The fraction of sp³-hybridized carbons (Fsp3) is 0.121. The van der Waals surface area contributed by atoms with Crippen molar-refractivity contribution in [2.24, 2.45) is 5.92 Å². The van der Waals surface area contributed by atoms with Gasteiger partial charge in [-0.1, -0.05) is 107 Å². The predicted octanol–water partition coefficient (Wildman–Crippen LogP) is 6.31. The number of carbonyl (C=O) groups is 3. The Morgan fingerprint density at radius 3 is 2.15 bits per heavy atom. The van der Waals surface area contributed by atoms with E-state index in [2.05, 4.69) is 21.2 Å². The van der Waals surface area contributed by atoms with Crippen molar-refractivity contribution in [3.63, 3.8) is 0 Å².